The van der Waals surface area contributed by atoms with Crippen LogP contribution >= 0.6 is 0 Å². The molecule has 4 aliphatic rings. The van der Waals surface area contributed by atoms with Gasteiger partial charge in [0.15, 0.2) is 0 Å². The molecule has 2 nitrogen and oxygen atoms in total. The lowest BCUT2D eigenvalue weighted by molar-refractivity contribution is 0.0462. The summed E-state index contributed by atoms with van der Waals surface area (Å²) in [6, 6.07) is 17.2. The summed E-state index contributed by atoms with van der Waals surface area (Å²) in [7, 11) is 0. The Hall–Kier alpha value is -1.38. The van der Waals surface area contributed by atoms with Crippen molar-refractivity contribution in [2.75, 3.05) is 13.1 Å². The fraction of sp³-hybridized carbons (Fsp3) is 0.545. The van der Waals surface area contributed by atoms with E-state index in [9.17, 15) is 0 Å². The van der Waals surface area contributed by atoms with Gasteiger partial charge in [-0.1, -0.05) is 55.8 Å². The highest BCUT2D eigenvalue weighted by molar-refractivity contribution is 5.85. The highest BCUT2D eigenvalue weighted by Gasteiger charge is 2.54. The topological polar surface area (TPSA) is 15.3 Å². The summed E-state index contributed by atoms with van der Waals surface area (Å²) in [5, 5.41) is 6.69. The van der Waals surface area contributed by atoms with E-state index in [2.05, 4.69) is 59.6 Å². The van der Waals surface area contributed by atoms with E-state index in [1.165, 1.54) is 48.7 Å². The first-order valence-corrected chi connectivity index (χ1v) is 9.79. The average Bonchev–Trinajstić information content (AvgIpc) is 2.91. The van der Waals surface area contributed by atoms with Crippen LogP contribution in [0.15, 0.2) is 42.5 Å². The third-order valence-electron chi connectivity index (χ3n) is 6.91. The van der Waals surface area contributed by atoms with Crippen molar-refractivity contribution in [3.63, 3.8) is 0 Å². The van der Waals surface area contributed by atoms with Crippen molar-refractivity contribution in [2.45, 2.75) is 44.8 Å². The summed E-state index contributed by atoms with van der Waals surface area (Å²) in [5.41, 5.74) is 1.51. The van der Waals surface area contributed by atoms with E-state index in [4.69, 9.17) is 0 Å². The molecule has 3 heterocycles. The molecule has 5 atom stereocenters. The van der Waals surface area contributed by atoms with Crippen molar-refractivity contribution in [1.82, 2.24) is 10.2 Å². The molecule has 2 heteroatoms. The van der Waals surface area contributed by atoms with Crippen LogP contribution in [0, 0.1) is 17.8 Å². The second kappa shape index (κ2) is 5.86. The van der Waals surface area contributed by atoms with Gasteiger partial charge >= 0.3 is 0 Å². The second-order valence-electron chi connectivity index (χ2n) is 8.20. The highest BCUT2D eigenvalue weighted by Crippen LogP contribution is 2.48. The maximum atomic E-state index is 3.88. The van der Waals surface area contributed by atoms with Gasteiger partial charge < -0.3 is 5.32 Å². The van der Waals surface area contributed by atoms with Gasteiger partial charge in [0.25, 0.3) is 0 Å². The van der Waals surface area contributed by atoms with Crippen molar-refractivity contribution >= 4 is 10.8 Å². The minimum atomic E-state index is 0.751. The number of benzene rings is 2. The molecule has 0 radical (unpaired) electrons. The van der Waals surface area contributed by atoms with Crippen LogP contribution in [0.1, 0.15) is 31.7 Å². The van der Waals surface area contributed by atoms with E-state index in [1.807, 2.05) is 0 Å². The van der Waals surface area contributed by atoms with Crippen molar-refractivity contribution in [3.05, 3.63) is 48.0 Å². The maximum Gasteiger partial charge on any atom is 0.0287 e. The zero-order valence-corrected chi connectivity index (χ0v) is 14.6. The van der Waals surface area contributed by atoms with Crippen molar-refractivity contribution in [1.29, 1.82) is 0 Å². The van der Waals surface area contributed by atoms with Crippen molar-refractivity contribution in [2.24, 2.45) is 17.8 Å². The van der Waals surface area contributed by atoms with E-state index in [0.717, 1.165) is 36.4 Å². The molecular weight excluding hydrogens is 292 g/mol. The Kier molecular flexibility index (Phi) is 3.64. The number of nitrogens with zero attached hydrogens (tertiary/aromatic N) is 1. The largest absolute Gasteiger partial charge is 0.312 e. The second-order valence-corrected chi connectivity index (χ2v) is 8.20. The van der Waals surface area contributed by atoms with Gasteiger partial charge in [-0.25, -0.2) is 0 Å². The minimum Gasteiger partial charge on any atom is -0.312 e. The van der Waals surface area contributed by atoms with E-state index in [1.54, 1.807) is 0 Å². The Balaban J connectivity index is 1.47. The zero-order chi connectivity index (χ0) is 16.1. The zero-order valence-electron chi connectivity index (χ0n) is 14.6. The summed E-state index contributed by atoms with van der Waals surface area (Å²) in [5.74, 6) is 2.72. The number of rotatable bonds is 4. The number of piperidine rings is 2. The third kappa shape index (κ3) is 2.23. The van der Waals surface area contributed by atoms with Gasteiger partial charge in [0, 0.05) is 25.2 Å². The SMILES string of the molecule is CCCC1C2CNC3C(C2)CN(Cc2cccc4ccccc24)C13. The Morgan fingerprint density at radius 3 is 2.88 bits per heavy atom. The number of likely N-dealkylation sites (tertiary alicyclic amines) is 1. The monoisotopic (exact) mass is 320 g/mol. The van der Waals surface area contributed by atoms with Gasteiger partial charge in [0.1, 0.15) is 0 Å². The molecule has 24 heavy (non-hydrogen) atoms. The number of hydrogen-bond donors (Lipinski definition) is 1. The fourth-order valence-corrected chi connectivity index (χ4v) is 6.01. The molecule has 2 aromatic rings. The molecule has 4 fully saturated rings. The van der Waals surface area contributed by atoms with Gasteiger partial charge in [-0.3, -0.25) is 4.90 Å². The number of nitrogens with one attached hydrogen (secondary N) is 1. The first kappa shape index (κ1) is 14.9. The molecule has 1 aliphatic carbocycles. The molecule has 0 amide bonds. The first-order chi connectivity index (χ1) is 11.8. The van der Waals surface area contributed by atoms with Crippen LogP contribution in [0.5, 0.6) is 0 Å². The minimum absolute atomic E-state index is 0.751. The summed E-state index contributed by atoms with van der Waals surface area (Å²) in [4.78, 5) is 2.82. The molecule has 4 bridgehead atoms. The van der Waals surface area contributed by atoms with Crippen LogP contribution in [0.4, 0.5) is 0 Å². The predicted molar refractivity (Wildman–Crippen MR) is 99.9 cm³/mol. The smallest absolute Gasteiger partial charge is 0.0287 e. The summed E-state index contributed by atoms with van der Waals surface area (Å²) in [6.45, 7) is 6.04. The normalized spacial score (nSPS) is 35.0. The standard InChI is InChI=1S/C22H28N2/c1-2-6-20-17-11-18-14-24(22(20)21(18)23-12-17)13-16-9-5-8-15-7-3-4-10-19(15)16/h3-5,7-10,17-18,20-23H,2,6,11-14H2,1H3. The fourth-order valence-electron chi connectivity index (χ4n) is 6.01. The number of fused-ring (bicyclic) bond motifs is 2. The molecule has 2 aromatic carbocycles. The van der Waals surface area contributed by atoms with Crippen LogP contribution in [-0.2, 0) is 6.54 Å². The van der Waals surface area contributed by atoms with E-state index >= 15 is 0 Å². The predicted octanol–water partition coefficient (Wildman–Crippen LogP) is 4.05. The van der Waals surface area contributed by atoms with Gasteiger partial charge in [-0.2, -0.15) is 0 Å². The van der Waals surface area contributed by atoms with Crippen molar-refractivity contribution < 1.29 is 0 Å². The van der Waals surface area contributed by atoms with Crippen LogP contribution in [0.3, 0.4) is 0 Å². The summed E-state index contributed by atoms with van der Waals surface area (Å²) >= 11 is 0. The quantitative estimate of drug-likeness (QED) is 0.914. The Morgan fingerprint density at radius 1 is 1.08 bits per heavy atom. The van der Waals surface area contributed by atoms with E-state index < -0.39 is 0 Å². The molecule has 1 N–H and O–H groups in total. The van der Waals surface area contributed by atoms with Crippen molar-refractivity contribution in [3.8, 4) is 0 Å². The summed E-state index contributed by atoms with van der Waals surface area (Å²) in [6.07, 6.45) is 4.20. The third-order valence-corrected chi connectivity index (χ3v) is 6.91. The molecule has 0 spiro atoms. The van der Waals surface area contributed by atoms with Crippen LogP contribution in [-0.4, -0.2) is 30.1 Å². The van der Waals surface area contributed by atoms with Crippen LogP contribution in [0.25, 0.3) is 10.8 Å². The average molecular weight is 320 g/mol. The van der Waals surface area contributed by atoms with Gasteiger partial charge in [0.05, 0.1) is 0 Å². The molecule has 0 aromatic heterocycles. The summed E-state index contributed by atoms with van der Waals surface area (Å²) < 4.78 is 0. The van der Waals surface area contributed by atoms with Gasteiger partial charge in [-0.15, -0.1) is 0 Å². The van der Waals surface area contributed by atoms with E-state index in [0.29, 0.717) is 0 Å². The molecule has 3 aliphatic heterocycles. The lowest BCUT2D eigenvalue weighted by atomic mass is 9.66. The molecule has 5 unspecified atom stereocenters. The molecule has 1 saturated carbocycles. The van der Waals surface area contributed by atoms with Gasteiger partial charge in [0.2, 0.25) is 0 Å². The lowest BCUT2D eigenvalue weighted by Gasteiger charge is -2.49. The number of hydrogen-bond acceptors (Lipinski definition) is 2. The van der Waals surface area contributed by atoms with E-state index in [-0.39, 0.29) is 0 Å². The highest BCUT2D eigenvalue weighted by atomic mass is 15.3. The molecule has 3 saturated heterocycles. The van der Waals surface area contributed by atoms with Crippen LogP contribution in [0.2, 0.25) is 0 Å². The lowest BCUT2D eigenvalue weighted by Crippen LogP contribution is -2.61. The Morgan fingerprint density at radius 2 is 1.96 bits per heavy atom. The maximum absolute atomic E-state index is 3.88. The molecule has 6 rings (SSSR count). The molecule has 126 valence electrons. The first-order valence-electron chi connectivity index (χ1n) is 9.79. The Bertz CT molecular complexity index is 734. The van der Waals surface area contributed by atoms with Crippen LogP contribution < -0.4 is 5.32 Å². The van der Waals surface area contributed by atoms with Gasteiger partial charge in [-0.05, 0) is 53.5 Å². The Labute approximate surface area is 145 Å². The molecular formula is C22H28N2.